The molecule has 72 valence electrons. The zero-order chi connectivity index (χ0) is 10.0. The highest BCUT2D eigenvalue weighted by Gasteiger charge is 2.13. The van der Waals surface area contributed by atoms with Crippen LogP contribution >= 0.6 is 0 Å². The second kappa shape index (κ2) is 3.74. The van der Waals surface area contributed by atoms with E-state index in [4.69, 9.17) is 9.52 Å². The first-order valence-electron chi connectivity index (χ1n) is 3.63. The van der Waals surface area contributed by atoms with Gasteiger partial charge in [-0.15, -0.1) is 0 Å². The van der Waals surface area contributed by atoms with Gasteiger partial charge in [0, 0.05) is 22.6 Å². The fourth-order valence-electron chi connectivity index (χ4n) is 0.987. The predicted molar refractivity (Wildman–Crippen MR) is 48.2 cm³/mol. The van der Waals surface area contributed by atoms with E-state index in [1.807, 2.05) is 0 Å². The summed E-state index contributed by atoms with van der Waals surface area (Å²) >= 11 is 0. The highest BCUT2D eigenvalue weighted by atomic mass is 32.2. The molecule has 0 fully saturated rings. The Kier molecular flexibility index (Phi) is 2.87. The molecule has 1 aromatic heterocycles. The highest BCUT2D eigenvalue weighted by Crippen LogP contribution is 2.15. The average Bonchev–Trinajstić information content (AvgIpc) is 2.31. The van der Waals surface area contributed by atoms with Gasteiger partial charge in [0.25, 0.3) is 0 Å². The molecule has 1 aromatic rings. The minimum atomic E-state index is -1.10. The molecule has 0 aromatic carbocycles. The zero-order valence-electron chi connectivity index (χ0n) is 7.36. The first kappa shape index (κ1) is 9.98. The van der Waals surface area contributed by atoms with Crippen LogP contribution in [0.3, 0.4) is 0 Å². The number of aromatic carboxylic acids is 1. The Morgan fingerprint density at radius 1 is 1.69 bits per heavy atom. The molecule has 5 heteroatoms. The molecule has 0 aliphatic heterocycles. The van der Waals surface area contributed by atoms with E-state index in [0.717, 1.165) is 0 Å². The van der Waals surface area contributed by atoms with Crippen molar-refractivity contribution in [1.29, 1.82) is 0 Å². The Morgan fingerprint density at radius 3 is 2.69 bits per heavy atom. The highest BCUT2D eigenvalue weighted by molar-refractivity contribution is 7.83. The van der Waals surface area contributed by atoms with Gasteiger partial charge in [0.05, 0.1) is 5.75 Å². The van der Waals surface area contributed by atoms with Crippen molar-refractivity contribution in [3.8, 4) is 0 Å². The Hall–Kier alpha value is -1.10. The largest absolute Gasteiger partial charge is 0.475 e. The molecule has 0 radical (unpaired) electrons. The van der Waals surface area contributed by atoms with Gasteiger partial charge in [-0.05, 0) is 13.0 Å². The molecule has 0 saturated heterocycles. The van der Waals surface area contributed by atoms with E-state index >= 15 is 0 Å². The van der Waals surface area contributed by atoms with E-state index in [2.05, 4.69) is 0 Å². The third kappa shape index (κ3) is 2.42. The molecule has 1 rings (SSSR count). The fraction of sp³-hybridized carbons (Fsp3) is 0.375. The van der Waals surface area contributed by atoms with Crippen molar-refractivity contribution >= 4 is 16.8 Å². The third-order valence-corrected chi connectivity index (χ3v) is 2.31. The molecule has 0 amide bonds. The lowest BCUT2D eigenvalue weighted by atomic mass is 10.3. The summed E-state index contributed by atoms with van der Waals surface area (Å²) in [5, 5.41) is 8.59. The van der Waals surface area contributed by atoms with Crippen molar-refractivity contribution in [2.24, 2.45) is 0 Å². The molecule has 13 heavy (non-hydrogen) atoms. The van der Waals surface area contributed by atoms with E-state index < -0.39 is 16.8 Å². The van der Waals surface area contributed by atoms with Crippen LogP contribution in [-0.2, 0) is 16.6 Å². The van der Waals surface area contributed by atoms with Crippen LogP contribution in [0.2, 0.25) is 0 Å². The summed E-state index contributed by atoms with van der Waals surface area (Å²) in [7, 11) is -0.980. The van der Waals surface area contributed by atoms with Gasteiger partial charge in [0.2, 0.25) is 5.76 Å². The van der Waals surface area contributed by atoms with Crippen molar-refractivity contribution in [1.82, 2.24) is 0 Å². The zero-order valence-corrected chi connectivity index (χ0v) is 8.18. The number of aryl methyl sites for hydroxylation is 1. The summed E-state index contributed by atoms with van der Waals surface area (Å²) in [6, 6.07) is 1.42. The SMILES string of the molecule is Cc1oc(C(=O)O)cc1CS(C)=O. The van der Waals surface area contributed by atoms with E-state index in [0.29, 0.717) is 17.1 Å². The summed E-state index contributed by atoms with van der Waals surface area (Å²) in [4.78, 5) is 10.5. The number of furan rings is 1. The van der Waals surface area contributed by atoms with Gasteiger partial charge < -0.3 is 9.52 Å². The number of hydrogen-bond acceptors (Lipinski definition) is 3. The van der Waals surface area contributed by atoms with Gasteiger partial charge in [-0.1, -0.05) is 0 Å². The van der Waals surface area contributed by atoms with Crippen LogP contribution in [0, 0.1) is 6.92 Å². The Morgan fingerprint density at radius 2 is 2.31 bits per heavy atom. The van der Waals surface area contributed by atoms with Crippen LogP contribution in [0.1, 0.15) is 21.9 Å². The van der Waals surface area contributed by atoms with E-state index in [9.17, 15) is 9.00 Å². The van der Waals surface area contributed by atoms with Gasteiger partial charge in [0.1, 0.15) is 5.76 Å². The number of carboxylic acids is 1. The van der Waals surface area contributed by atoms with Crippen LogP contribution in [0.25, 0.3) is 0 Å². The number of carboxylic acid groups (broad SMARTS) is 1. The number of rotatable bonds is 3. The van der Waals surface area contributed by atoms with Gasteiger partial charge in [0.15, 0.2) is 0 Å². The van der Waals surface area contributed by atoms with Crippen molar-refractivity contribution < 1.29 is 18.5 Å². The summed E-state index contributed by atoms with van der Waals surface area (Å²) in [5.41, 5.74) is 0.693. The van der Waals surface area contributed by atoms with Crippen molar-refractivity contribution in [3.63, 3.8) is 0 Å². The topological polar surface area (TPSA) is 67.5 Å². The van der Waals surface area contributed by atoms with E-state index in [1.54, 1.807) is 13.2 Å². The lowest BCUT2D eigenvalue weighted by Crippen LogP contribution is -1.93. The quantitative estimate of drug-likeness (QED) is 0.798. The summed E-state index contributed by atoms with van der Waals surface area (Å²) in [6.45, 7) is 1.66. The molecule has 0 spiro atoms. The van der Waals surface area contributed by atoms with Crippen molar-refractivity contribution in [3.05, 3.63) is 23.2 Å². The fourth-order valence-corrected chi connectivity index (χ4v) is 1.71. The minimum absolute atomic E-state index is 0.0991. The maximum atomic E-state index is 10.9. The second-order valence-electron chi connectivity index (χ2n) is 2.71. The standard InChI is InChI=1S/C8H10O4S/c1-5-6(4-13(2)11)3-7(12-5)8(9)10/h3H,4H2,1-2H3,(H,9,10). The molecule has 4 nitrogen and oxygen atoms in total. The Bertz CT molecular complexity index is 353. The van der Waals surface area contributed by atoms with Crippen LogP contribution in [-0.4, -0.2) is 21.5 Å². The summed E-state index contributed by atoms with van der Waals surface area (Å²) in [6.07, 6.45) is 1.56. The van der Waals surface area contributed by atoms with Crippen molar-refractivity contribution in [2.75, 3.05) is 6.26 Å². The van der Waals surface area contributed by atoms with Gasteiger partial charge in [-0.25, -0.2) is 4.79 Å². The molecule has 1 N–H and O–H groups in total. The first-order valence-corrected chi connectivity index (χ1v) is 5.36. The molecular formula is C8H10O4S. The number of hydrogen-bond donors (Lipinski definition) is 1. The number of carbonyl (C=O) groups is 1. The van der Waals surface area contributed by atoms with Crippen LogP contribution < -0.4 is 0 Å². The smallest absolute Gasteiger partial charge is 0.371 e. The maximum absolute atomic E-state index is 10.9. The maximum Gasteiger partial charge on any atom is 0.371 e. The average molecular weight is 202 g/mol. The molecule has 0 aliphatic rings. The van der Waals surface area contributed by atoms with Crippen LogP contribution in [0.15, 0.2) is 10.5 Å². The molecule has 1 heterocycles. The first-order chi connectivity index (χ1) is 6.00. The molecule has 1 atom stereocenters. The van der Waals surface area contributed by atoms with E-state index in [1.165, 1.54) is 6.07 Å². The lowest BCUT2D eigenvalue weighted by Gasteiger charge is -1.91. The van der Waals surface area contributed by atoms with Gasteiger partial charge in [-0.2, -0.15) is 0 Å². The van der Waals surface area contributed by atoms with Crippen molar-refractivity contribution in [2.45, 2.75) is 12.7 Å². The molecule has 0 bridgehead atoms. The monoisotopic (exact) mass is 202 g/mol. The van der Waals surface area contributed by atoms with Crippen LogP contribution in [0.4, 0.5) is 0 Å². The molecular weight excluding hydrogens is 192 g/mol. The minimum Gasteiger partial charge on any atom is -0.475 e. The van der Waals surface area contributed by atoms with Gasteiger partial charge in [-0.3, -0.25) is 4.21 Å². The molecule has 0 saturated carbocycles. The second-order valence-corrected chi connectivity index (χ2v) is 4.15. The van der Waals surface area contributed by atoms with Gasteiger partial charge >= 0.3 is 5.97 Å². The Labute approximate surface area is 78.0 Å². The normalized spacial score (nSPS) is 12.8. The lowest BCUT2D eigenvalue weighted by molar-refractivity contribution is 0.0661. The van der Waals surface area contributed by atoms with Crippen LogP contribution in [0.5, 0.6) is 0 Å². The summed E-state index contributed by atoms with van der Waals surface area (Å²) < 4.78 is 15.8. The summed E-state index contributed by atoms with van der Waals surface area (Å²) in [5.74, 6) is -0.343. The molecule has 1 unspecified atom stereocenters. The Balaban J connectivity index is 2.96. The van der Waals surface area contributed by atoms with E-state index in [-0.39, 0.29) is 5.76 Å². The predicted octanol–water partition coefficient (Wildman–Crippen LogP) is 1.16. The third-order valence-electron chi connectivity index (χ3n) is 1.59. The molecule has 0 aliphatic carbocycles.